The minimum atomic E-state index is -0.440. The van der Waals surface area contributed by atoms with E-state index in [0.29, 0.717) is 22.8 Å². The van der Waals surface area contributed by atoms with Crippen molar-refractivity contribution in [3.8, 4) is 17.6 Å². The summed E-state index contributed by atoms with van der Waals surface area (Å²) in [5.41, 5.74) is 4.58. The predicted octanol–water partition coefficient (Wildman–Crippen LogP) is 2.92. The fraction of sp³-hybridized carbons (Fsp3) is 0.182. The van der Waals surface area contributed by atoms with E-state index in [1.165, 1.54) is 6.07 Å². The van der Waals surface area contributed by atoms with Gasteiger partial charge in [-0.1, -0.05) is 0 Å². The van der Waals surface area contributed by atoms with Crippen LogP contribution in [0.1, 0.15) is 18.1 Å². The van der Waals surface area contributed by atoms with Crippen LogP contribution in [0.3, 0.4) is 0 Å². The summed E-state index contributed by atoms with van der Waals surface area (Å²) in [6, 6.07) is 15.4. The van der Waals surface area contributed by atoms with Crippen LogP contribution < -0.4 is 20.5 Å². The Labute approximate surface area is 172 Å². The third-order valence-electron chi connectivity index (χ3n) is 4.22. The van der Waals surface area contributed by atoms with Crippen LogP contribution in [0.5, 0.6) is 11.5 Å². The number of carbonyl (C=O) groups excluding carboxylic acids is 1. The van der Waals surface area contributed by atoms with Gasteiger partial charge >= 0.3 is 5.63 Å². The molecule has 0 unspecified atom stereocenters. The van der Waals surface area contributed by atoms with Crippen LogP contribution in [-0.2, 0) is 4.79 Å². The molecule has 2 aromatic carbocycles. The molecule has 0 aliphatic carbocycles. The van der Waals surface area contributed by atoms with E-state index in [2.05, 4.69) is 10.5 Å². The molecule has 152 valence electrons. The standard InChI is InChI=1S/C22H19N3O5/c1-14-11-22(27)30-20-12-18(7-8-19(14)20)29-13-21(26)25-24-15(2)16-3-5-17(6-4-16)28-10-9-23/h3-8,11-12H,10,13H2,1-2H3,(H,25,26)/b24-15-. The highest BCUT2D eigenvalue weighted by Crippen LogP contribution is 2.22. The van der Waals surface area contributed by atoms with Gasteiger partial charge < -0.3 is 13.9 Å². The minimum Gasteiger partial charge on any atom is -0.484 e. The number of nitrogens with one attached hydrogen (secondary N) is 1. The Balaban J connectivity index is 1.57. The zero-order chi connectivity index (χ0) is 21.5. The van der Waals surface area contributed by atoms with Gasteiger partial charge in [0.25, 0.3) is 5.91 Å². The number of hydrogen-bond acceptors (Lipinski definition) is 7. The van der Waals surface area contributed by atoms with Gasteiger partial charge in [0.05, 0.1) is 5.71 Å². The van der Waals surface area contributed by atoms with E-state index in [9.17, 15) is 9.59 Å². The molecule has 8 nitrogen and oxygen atoms in total. The topological polar surface area (TPSA) is 114 Å². The van der Waals surface area contributed by atoms with Gasteiger partial charge in [0.1, 0.15) is 23.2 Å². The van der Waals surface area contributed by atoms with Gasteiger partial charge in [-0.25, -0.2) is 10.2 Å². The summed E-state index contributed by atoms with van der Waals surface area (Å²) in [7, 11) is 0. The number of benzene rings is 2. The van der Waals surface area contributed by atoms with Crippen LogP contribution in [0.2, 0.25) is 0 Å². The van der Waals surface area contributed by atoms with Gasteiger partial charge in [0.2, 0.25) is 0 Å². The Morgan fingerprint density at radius 2 is 1.87 bits per heavy atom. The highest BCUT2D eigenvalue weighted by molar-refractivity contribution is 5.99. The molecule has 8 heteroatoms. The summed E-state index contributed by atoms with van der Waals surface area (Å²) < 4.78 is 15.8. The number of ether oxygens (including phenoxy) is 2. The van der Waals surface area contributed by atoms with Gasteiger partial charge in [-0.3, -0.25) is 4.79 Å². The summed E-state index contributed by atoms with van der Waals surface area (Å²) in [6.07, 6.45) is 0. The third-order valence-corrected chi connectivity index (χ3v) is 4.22. The second kappa shape index (κ2) is 9.39. The number of nitrogens with zero attached hydrogens (tertiary/aromatic N) is 2. The number of rotatable bonds is 7. The largest absolute Gasteiger partial charge is 0.484 e. The second-order valence-electron chi connectivity index (χ2n) is 6.40. The van der Waals surface area contributed by atoms with Gasteiger partial charge in [0, 0.05) is 17.5 Å². The lowest BCUT2D eigenvalue weighted by molar-refractivity contribution is -0.123. The zero-order valence-electron chi connectivity index (χ0n) is 16.5. The predicted molar refractivity (Wildman–Crippen MR) is 111 cm³/mol. The summed E-state index contributed by atoms with van der Waals surface area (Å²) in [6.45, 7) is 3.30. The number of nitriles is 1. The molecule has 0 radical (unpaired) electrons. The van der Waals surface area contributed by atoms with Crippen molar-refractivity contribution >= 4 is 22.6 Å². The lowest BCUT2D eigenvalue weighted by atomic mass is 10.1. The van der Waals surface area contributed by atoms with Crippen LogP contribution in [0.25, 0.3) is 11.0 Å². The first-order chi connectivity index (χ1) is 14.5. The van der Waals surface area contributed by atoms with Gasteiger partial charge in [0.15, 0.2) is 13.2 Å². The molecule has 0 saturated heterocycles. The van der Waals surface area contributed by atoms with Crippen LogP contribution in [0, 0.1) is 18.3 Å². The molecule has 1 amide bonds. The quantitative estimate of drug-likeness (QED) is 0.367. The maximum absolute atomic E-state index is 12.0. The molecule has 0 atom stereocenters. The van der Waals surface area contributed by atoms with E-state index >= 15 is 0 Å². The van der Waals surface area contributed by atoms with Crippen LogP contribution in [-0.4, -0.2) is 24.8 Å². The average Bonchev–Trinajstić information content (AvgIpc) is 2.74. The number of hydrogen-bond donors (Lipinski definition) is 1. The summed E-state index contributed by atoms with van der Waals surface area (Å²) in [5, 5.41) is 13.4. The average molecular weight is 405 g/mol. The fourth-order valence-corrected chi connectivity index (χ4v) is 2.69. The number of aryl methyl sites for hydroxylation is 1. The first-order valence-corrected chi connectivity index (χ1v) is 9.07. The summed E-state index contributed by atoms with van der Waals surface area (Å²) in [4.78, 5) is 23.5. The number of hydrazone groups is 1. The van der Waals surface area contributed by atoms with Gasteiger partial charge in [-0.05, 0) is 61.4 Å². The molecule has 1 aromatic heterocycles. The van der Waals surface area contributed by atoms with E-state index in [0.717, 1.165) is 16.5 Å². The highest BCUT2D eigenvalue weighted by atomic mass is 16.5. The first-order valence-electron chi connectivity index (χ1n) is 9.07. The molecule has 0 spiro atoms. The molecular formula is C22H19N3O5. The van der Waals surface area contributed by atoms with Crippen molar-refractivity contribution in [1.82, 2.24) is 5.43 Å². The molecule has 0 aliphatic rings. The summed E-state index contributed by atoms with van der Waals surface area (Å²) in [5.74, 6) is 0.543. The molecule has 1 heterocycles. The maximum Gasteiger partial charge on any atom is 0.336 e. The van der Waals surface area contributed by atoms with Crippen LogP contribution >= 0.6 is 0 Å². The molecule has 1 N–H and O–H groups in total. The molecule has 0 bridgehead atoms. The van der Waals surface area contributed by atoms with Crippen molar-refractivity contribution in [2.24, 2.45) is 5.10 Å². The van der Waals surface area contributed by atoms with E-state index in [4.69, 9.17) is 19.2 Å². The maximum atomic E-state index is 12.0. The molecular weight excluding hydrogens is 386 g/mol. The van der Waals surface area contributed by atoms with Crippen molar-refractivity contribution in [3.05, 3.63) is 70.1 Å². The third kappa shape index (κ3) is 5.23. The lowest BCUT2D eigenvalue weighted by Crippen LogP contribution is -2.25. The lowest BCUT2D eigenvalue weighted by Gasteiger charge is -2.07. The number of amides is 1. The Morgan fingerprint density at radius 3 is 2.60 bits per heavy atom. The Kier molecular flexibility index (Phi) is 6.45. The van der Waals surface area contributed by atoms with E-state index < -0.39 is 11.5 Å². The Morgan fingerprint density at radius 1 is 1.13 bits per heavy atom. The van der Waals surface area contributed by atoms with Crippen molar-refractivity contribution in [3.63, 3.8) is 0 Å². The van der Waals surface area contributed by atoms with E-state index in [-0.39, 0.29) is 13.2 Å². The molecule has 30 heavy (non-hydrogen) atoms. The van der Waals surface area contributed by atoms with Crippen molar-refractivity contribution < 1.29 is 18.7 Å². The summed E-state index contributed by atoms with van der Waals surface area (Å²) >= 11 is 0. The molecule has 3 rings (SSSR count). The SMILES string of the molecule is C/C(=N/NC(=O)COc1ccc2c(C)cc(=O)oc2c1)c1ccc(OCC#N)cc1. The van der Waals surface area contributed by atoms with Gasteiger partial charge in [-0.15, -0.1) is 0 Å². The molecule has 0 fully saturated rings. The monoisotopic (exact) mass is 405 g/mol. The fourth-order valence-electron chi connectivity index (χ4n) is 2.69. The van der Waals surface area contributed by atoms with Crippen molar-refractivity contribution in [2.75, 3.05) is 13.2 Å². The Hall–Kier alpha value is -4.12. The highest BCUT2D eigenvalue weighted by Gasteiger charge is 2.07. The first kappa shape index (κ1) is 20.6. The number of fused-ring (bicyclic) bond motifs is 1. The van der Waals surface area contributed by atoms with Crippen LogP contribution in [0.15, 0.2) is 62.8 Å². The normalized spacial score (nSPS) is 11.0. The Bertz CT molecular complexity index is 1190. The second-order valence-corrected chi connectivity index (χ2v) is 6.40. The van der Waals surface area contributed by atoms with E-state index in [1.54, 1.807) is 49.4 Å². The zero-order valence-corrected chi connectivity index (χ0v) is 16.5. The van der Waals surface area contributed by atoms with Gasteiger partial charge in [-0.2, -0.15) is 10.4 Å². The molecule has 3 aromatic rings. The smallest absolute Gasteiger partial charge is 0.336 e. The van der Waals surface area contributed by atoms with Crippen LogP contribution in [0.4, 0.5) is 0 Å². The minimum absolute atomic E-state index is 0.0224. The molecule has 0 saturated carbocycles. The number of carbonyl (C=O) groups is 1. The van der Waals surface area contributed by atoms with Crippen molar-refractivity contribution in [2.45, 2.75) is 13.8 Å². The van der Waals surface area contributed by atoms with Crippen molar-refractivity contribution in [1.29, 1.82) is 5.26 Å². The molecule has 0 aliphatic heterocycles. The van der Waals surface area contributed by atoms with E-state index in [1.807, 2.05) is 13.0 Å².